The molecule has 0 spiro atoms. The molecule has 0 bridgehead atoms. The maximum Gasteiger partial charge on any atom is 0.265 e. The normalized spacial score (nSPS) is 13.4. The molecular formula is C13H12FN3O3S. The van der Waals surface area contributed by atoms with E-state index in [9.17, 15) is 9.18 Å². The smallest absolute Gasteiger partial charge is 0.265 e. The van der Waals surface area contributed by atoms with Crippen LogP contribution in [0.1, 0.15) is 26.5 Å². The largest absolute Gasteiger partial charge is 0.467 e. The van der Waals surface area contributed by atoms with Crippen molar-refractivity contribution >= 4 is 17.4 Å². The zero-order valence-electron chi connectivity index (χ0n) is 11.2. The fourth-order valence-corrected chi connectivity index (χ4v) is 2.66. The van der Waals surface area contributed by atoms with Gasteiger partial charge in [-0.25, -0.2) is 4.39 Å². The lowest BCUT2D eigenvalue weighted by Gasteiger charge is -2.21. The van der Waals surface area contributed by atoms with Gasteiger partial charge in [0.25, 0.3) is 5.91 Å². The van der Waals surface area contributed by atoms with Crippen molar-refractivity contribution in [1.29, 1.82) is 0 Å². The molecular weight excluding hydrogens is 297 g/mol. The SMILES string of the molecule is Cc1nnsc1C(=O)NCc1cc(F)cc2c1OCOC2. The lowest BCUT2D eigenvalue weighted by Crippen LogP contribution is -2.24. The summed E-state index contributed by atoms with van der Waals surface area (Å²) in [5, 5.41) is 6.51. The zero-order valence-corrected chi connectivity index (χ0v) is 12.0. The Kier molecular flexibility index (Phi) is 3.80. The average Bonchev–Trinajstić information content (AvgIpc) is 2.90. The van der Waals surface area contributed by atoms with Crippen LogP contribution in [0.25, 0.3) is 0 Å². The molecule has 0 fully saturated rings. The van der Waals surface area contributed by atoms with Gasteiger partial charge in [0.2, 0.25) is 0 Å². The number of halogens is 1. The molecule has 0 saturated carbocycles. The minimum atomic E-state index is -0.386. The first kappa shape index (κ1) is 13.9. The molecule has 1 aliphatic heterocycles. The van der Waals surface area contributed by atoms with E-state index in [1.165, 1.54) is 12.1 Å². The highest BCUT2D eigenvalue weighted by atomic mass is 32.1. The number of amides is 1. The van der Waals surface area contributed by atoms with E-state index in [0.717, 1.165) is 11.5 Å². The molecule has 1 amide bonds. The van der Waals surface area contributed by atoms with Crippen LogP contribution in [-0.4, -0.2) is 22.3 Å². The van der Waals surface area contributed by atoms with Gasteiger partial charge in [-0.2, -0.15) is 0 Å². The third kappa shape index (κ3) is 2.86. The first-order valence-electron chi connectivity index (χ1n) is 6.24. The highest BCUT2D eigenvalue weighted by molar-refractivity contribution is 7.07. The number of carbonyl (C=O) groups is 1. The second kappa shape index (κ2) is 5.74. The van der Waals surface area contributed by atoms with Crippen LogP contribution in [0.2, 0.25) is 0 Å². The maximum absolute atomic E-state index is 13.6. The average molecular weight is 309 g/mol. The van der Waals surface area contributed by atoms with Crippen LogP contribution >= 0.6 is 11.5 Å². The molecule has 1 N–H and O–H groups in total. The molecule has 21 heavy (non-hydrogen) atoms. The Bertz CT molecular complexity index is 689. The number of hydrogen-bond donors (Lipinski definition) is 1. The molecule has 8 heteroatoms. The van der Waals surface area contributed by atoms with Crippen LogP contribution in [-0.2, 0) is 17.9 Å². The number of nitrogens with one attached hydrogen (secondary N) is 1. The quantitative estimate of drug-likeness (QED) is 0.935. The fourth-order valence-electron chi connectivity index (χ4n) is 2.08. The molecule has 2 aromatic rings. The number of aromatic nitrogens is 2. The number of ether oxygens (including phenoxy) is 2. The number of nitrogens with zero attached hydrogens (tertiary/aromatic N) is 2. The molecule has 0 atom stereocenters. The lowest BCUT2D eigenvalue weighted by atomic mass is 10.1. The third-order valence-corrected chi connectivity index (χ3v) is 3.88. The van der Waals surface area contributed by atoms with Crippen LogP contribution in [0.15, 0.2) is 12.1 Å². The summed E-state index contributed by atoms with van der Waals surface area (Å²) in [5.41, 5.74) is 1.79. The van der Waals surface area contributed by atoms with E-state index in [1.807, 2.05) is 0 Å². The number of rotatable bonds is 3. The van der Waals surface area contributed by atoms with Crippen molar-refractivity contribution in [2.75, 3.05) is 6.79 Å². The first-order chi connectivity index (χ1) is 10.1. The predicted molar refractivity (Wildman–Crippen MR) is 72.5 cm³/mol. The van der Waals surface area contributed by atoms with Crippen molar-refractivity contribution < 1.29 is 18.7 Å². The highest BCUT2D eigenvalue weighted by Gasteiger charge is 2.18. The second-order valence-electron chi connectivity index (χ2n) is 4.53. The number of hydrogen-bond acceptors (Lipinski definition) is 6. The number of carbonyl (C=O) groups excluding carboxylic acids is 1. The van der Waals surface area contributed by atoms with Gasteiger partial charge in [0, 0.05) is 17.7 Å². The lowest BCUT2D eigenvalue weighted by molar-refractivity contribution is -0.0173. The van der Waals surface area contributed by atoms with E-state index in [4.69, 9.17) is 9.47 Å². The van der Waals surface area contributed by atoms with Gasteiger partial charge in [-0.05, 0) is 30.6 Å². The molecule has 1 aliphatic rings. The van der Waals surface area contributed by atoms with Crippen LogP contribution in [0, 0.1) is 12.7 Å². The maximum atomic E-state index is 13.6. The van der Waals surface area contributed by atoms with Crippen LogP contribution in [0.3, 0.4) is 0 Å². The van der Waals surface area contributed by atoms with Gasteiger partial charge in [-0.15, -0.1) is 5.10 Å². The van der Waals surface area contributed by atoms with Gasteiger partial charge in [0.15, 0.2) is 6.79 Å². The van der Waals surface area contributed by atoms with Crippen LogP contribution < -0.4 is 10.1 Å². The summed E-state index contributed by atoms with van der Waals surface area (Å²) < 4.78 is 27.8. The van der Waals surface area contributed by atoms with Crippen molar-refractivity contribution in [3.8, 4) is 5.75 Å². The molecule has 0 aliphatic carbocycles. The first-order valence-corrected chi connectivity index (χ1v) is 7.01. The Morgan fingerprint density at radius 2 is 2.38 bits per heavy atom. The Morgan fingerprint density at radius 1 is 1.52 bits per heavy atom. The van der Waals surface area contributed by atoms with Crippen LogP contribution in [0.5, 0.6) is 5.75 Å². The van der Waals surface area contributed by atoms with Gasteiger partial charge in [0.05, 0.1) is 12.3 Å². The summed E-state index contributed by atoms with van der Waals surface area (Å²) >= 11 is 1.03. The summed E-state index contributed by atoms with van der Waals surface area (Å²) in [6.07, 6.45) is 0. The Balaban J connectivity index is 1.78. The monoisotopic (exact) mass is 309 g/mol. The molecule has 110 valence electrons. The van der Waals surface area contributed by atoms with E-state index in [1.54, 1.807) is 6.92 Å². The number of fused-ring (bicyclic) bond motifs is 1. The molecule has 3 rings (SSSR count). The number of benzene rings is 1. The Hall–Kier alpha value is -2.06. The molecule has 6 nitrogen and oxygen atoms in total. The topological polar surface area (TPSA) is 73.3 Å². The van der Waals surface area contributed by atoms with Gasteiger partial charge in [-0.3, -0.25) is 4.79 Å². The Labute approximate surface area is 124 Å². The van der Waals surface area contributed by atoms with Gasteiger partial charge in [0.1, 0.15) is 16.4 Å². The van der Waals surface area contributed by atoms with Crippen molar-refractivity contribution in [1.82, 2.24) is 14.9 Å². The standard InChI is InChI=1S/C13H12FN3O3S/c1-7-12(21-17-16-7)13(18)15-4-8-2-10(14)3-9-5-19-6-20-11(8)9/h2-3H,4-6H2,1H3,(H,15,18). The number of aryl methyl sites for hydroxylation is 1. The summed E-state index contributed by atoms with van der Waals surface area (Å²) in [4.78, 5) is 12.5. The van der Waals surface area contributed by atoms with Crippen molar-refractivity contribution in [2.24, 2.45) is 0 Å². The van der Waals surface area contributed by atoms with E-state index in [0.29, 0.717) is 34.1 Å². The van der Waals surface area contributed by atoms with E-state index in [-0.39, 0.29) is 25.1 Å². The van der Waals surface area contributed by atoms with Crippen molar-refractivity contribution in [3.05, 3.63) is 39.6 Å². The van der Waals surface area contributed by atoms with E-state index in [2.05, 4.69) is 14.9 Å². The Morgan fingerprint density at radius 3 is 3.14 bits per heavy atom. The second-order valence-corrected chi connectivity index (χ2v) is 5.29. The molecule has 0 saturated heterocycles. The molecule has 0 radical (unpaired) electrons. The van der Waals surface area contributed by atoms with Crippen molar-refractivity contribution in [2.45, 2.75) is 20.1 Å². The van der Waals surface area contributed by atoms with E-state index < -0.39 is 0 Å². The van der Waals surface area contributed by atoms with Crippen molar-refractivity contribution in [3.63, 3.8) is 0 Å². The summed E-state index contributed by atoms with van der Waals surface area (Å²) in [7, 11) is 0. The van der Waals surface area contributed by atoms with Gasteiger partial charge >= 0.3 is 0 Å². The fraction of sp³-hybridized carbons (Fsp3) is 0.308. The van der Waals surface area contributed by atoms with Gasteiger partial charge in [-0.1, -0.05) is 4.49 Å². The minimum Gasteiger partial charge on any atom is -0.467 e. The zero-order chi connectivity index (χ0) is 14.8. The third-order valence-electron chi connectivity index (χ3n) is 3.05. The van der Waals surface area contributed by atoms with Crippen LogP contribution in [0.4, 0.5) is 4.39 Å². The van der Waals surface area contributed by atoms with Gasteiger partial charge < -0.3 is 14.8 Å². The minimum absolute atomic E-state index is 0.122. The predicted octanol–water partition coefficient (Wildman–Crippen LogP) is 1.78. The summed E-state index contributed by atoms with van der Waals surface area (Å²) in [5.74, 6) is -0.0996. The highest BCUT2D eigenvalue weighted by Crippen LogP contribution is 2.29. The van der Waals surface area contributed by atoms with E-state index >= 15 is 0 Å². The summed E-state index contributed by atoms with van der Waals surface area (Å²) in [6.45, 7) is 2.29. The summed E-state index contributed by atoms with van der Waals surface area (Å²) in [6, 6.07) is 2.72. The molecule has 0 unspecified atom stereocenters. The molecule has 1 aromatic carbocycles. The molecule has 1 aromatic heterocycles. The molecule has 2 heterocycles.